The minimum absolute atomic E-state index is 0.148. The third-order valence-electron chi connectivity index (χ3n) is 1.85. The lowest BCUT2D eigenvalue weighted by molar-refractivity contribution is 0.103. The Morgan fingerprint density at radius 3 is 2.59 bits per heavy atom. The van der Waals surface area contributed by atoms with E-state index in [9.17, 15) is 4.79 Å². The van der Waals surface area contributed by atoms with Gasteiger partial charge in [-0.3, -0.25) is 4.79 Å². The SMILES string of the molecule is O=C(Nc1ccc(Br)nc1)c1cc(Br)c(Br)s1. The standard InChI is InChI=1S/C10H5Br3N2OS/c11-6-3-7(17-9(6)13)10(16)15-5-1-2-8(12)14-4-5/h1-4H,(H,15,16). The van der Waals surface area contributed by atoms with Gasteiger partial charge in [0.15, 0.2) is 0 Å². The zero-order valence-electron chi connectivity index (χ0n) is 8.21. The highest BCUT2D eigenvalue weighted by atomic mass is 79.9. The molecule has 0 atom stereocenters. The van der Waals surface area contributed by atoms with E-state index in [2.05, 4.69) is 58.1 Å². The number of amides is 1. The molecule has 17 heavy (non-hydrogen) atoms. The van der Waals surface area contributed by atoms with Crippen molar-refractivity contribution in [2.24, 2.45) is 0 Å². The van der Waals surface area contributed by atoms with Gasteiger partial charge >= 0.3 is 0 Å². The number of hydrogen-bond donors (Lipinski definition) is 1. The smallest absolute Gasteiger partial charge is 0.265 e. The Morgan fingerprint density at radius 2 is 2.06 bits per heavy atom. The summed E-state index contributed by atoms with van der Waals surface area (Å²) in [5.41, 5.74) is 0.666. The normalized spacial score (nSPS) is 10.3. The lowest BCUT2D eigenvalue weighted by atomic mass is 10.4. The van der Waals surface area contributed by atoms with Crippen LogP contribution in [-0.2, 0) is 0 Å². The molecule has 0 aliphatic carbocycles. The summed E-state index contributed by atoms with van der Waals surface area (Å²) in [5.74, 6) is -0.148. The number of carbonyl (C=O) groups excluding carboxylic acids is 1. The van der Waals surface area contributed by atoms with Crippen molar-refractivity contribution in [1.82, 2.24) is 4.98 Å². The van der Waals surface area contributed by atoms with Crippen molar-refractivity contribution in [3.8, 4) is 0 Å². The molecule has 0 spiro atoms. The van der Waals surface area contributed by atoms with Gasteiger partial charge in [0, 0.05) is 4.47 Å². The second-order valence-electron chi connectivity index (χ2n) is 3.06. The fourth-order valence-electron chi connectivity index (χ4n) is 1.10. The largest absolute Gasteiger partial charge is 0.320 e. The van der Waals surface area contributed by atoms with Gasteiger partial charge in [0.25, 0.3) is 5.91 Å². The van der Waals surface area contributed by atoms with Gasteiger partial charge in [-0.1, -0.05) is 0 Å². The van der Waals surface area contributed by atoms with Gasteiger partial charge in [0.2, 0.25) is 0 Å². The third-order valence-corrected chi connectivity index (χ3v) is 5.58. The third kappa shape index (κ3) is 3.37. The molecule has 0 bridgehead atoms. The van der Waals surface area contributed by atoms with Gasteiger partial charge < -0.3 is 5.32 Å². The van der Waals surface area contributed by atoms with Crippen molar-refractivity contribution >= 4 is 70.7 Å². The summed E-state index contributed by atoms with van der Waals surface area (Å²) in [6.45, 7) is 0. The van der Waals surface area contributed by atoms with Gasteiger partial charge in [-0.05, 0) is 66.0 Å². The summed E-state index contributed by atoms with van der Waals surface area (Å²) < 4.78 is 2.51. The van der Waals surface area contributed by atoms with E-state index >= 15 is 0 Å². The predicted octanol–water partition coefficient (Wildman–Crippen LogP) is 4.68. The summed E-state index contributed by atoms with van der Waals surface area (Å²) in [7, 11) is 0. The maximum Gasteiger partial charge on any atom is 0.265 e. The molecule has 2 rings (SSSR count). The van der Waals surface area contributed by atoms with Crippen molar-refractivity contribution in [3.63, 3.8) is 0 Å². The first-order chi connectivity index (χ1) is 8.06. The summed E-state index contributed by atoms with van der Waals surface area (Å²) in [6.07, 6.45) is 1.60. The molecule has 0 aliphatic heterocycles. The predicted molar refractivity (Wildman–Crippen MR) is 79.6 cm³/mol. The molecular formula is C10H5Br3N2OS. The number of nitrogens with zero attached hydrogens (tertiary/aromatic N) is 1. The first kappa shape index (κ1) is 13.2. The highest BCUT2D eigenvalue weighted by molar-refractivity contribution is 9.13. The van der Waals surface area contributed by atoms with Crippen LogP contribution >= 0.6 is 59.1 Å². The minimum atomic E-state index is -0.148. The van der Waals surface area contributed by atoms with E-state index < -0.39 is 0 Å². The number of carbonyl (C=O) groups is 1. The molecule has 2 heterocycles. The van der Waals surface area contributed by atoms with E-state index in [-0.39, 0.29) is 5.91 Å². The molecule has 0 saturated carbocycles. The molecule has 7 heteroatoms. The first-order valence-electron chi connectivity index (χ1n) is 4.44. The van der Waals surface area contributed by atoms with Crippen molar-refractivity contribution < 1.29 is 4.79 Å². The van der Waals surface area contributed by atoms with Crippen LogP contribution in [0.2, 0.25) is 0 Å². The Bertz CT molecular complexity index is 534. The van der Waals surface area contributed by atoms with E-state index in [1.807, 2.05) is 0 Å². The summed E-state index contributed by atoms with van der Waals surface area (Å²) in [4.78, 5) is 16.5. The quantitative estimate of drug-likeness (QED) is 0.689. The average molecular weight is 441 g/mol. The van der Waals surface area contributed by atoms with Crippen LogP contribution in [0.25, 0.3) is 0 Å². The number of pyridine rings is 1. The van der Waals surface area contributed by atoms with Crippen LogP contribution in [0.1, 0.15) is 9.67 Å². The van der Waals surface area contributed by atoms with Crippen molar-refractivity contribution in [2.75, 3.05) is 5.32 Å². The van der Waals surface area contributed by atoms with Gasteiger partial charge in [-0.2, -0.15) is 0 Å². The van der Waals surface area contributed by atoms with E-state index in [4.69, 9.17) is 0 Å². The molecule has 0 radical (unpaired) electrons. The Balaban J connectivity index is 2.14. The molecule has 0 saturated heterocycles. The Labute approximate surface area is 127 Å². The lowest BCUT2D eigenvalue weighted by Gasteiger charge is -2.02. The summed E-state index contributed by atoms with van der Waals surface area (Å²) >= 11 is 11.3. The van der Waals surface area contributed by atoms with Gasteiger partial charge in [-0.15, -0.1) is 11.3 Å². The van der Waals surface area contributed by atoms with Crippen LogP contribution < -0.4 is 5.32 Å². The molecule has 1 N–H and O–H groups in total. The van der Waals surface area contributed by atoms with Crippen LogP contribution in [0.5, 0.6) is 0 Å². The number of halogens is 3. The van der Waals surface area contributed by atoms with Crippen molar-refractivity contribution in [2.45, 2.75) is 0 Å². The van der Waals surface area contributed by atoms with E-state index in [0.29, 0.717) is 10.6 Å². The second kappa shape index (κ2) is 5.60. The van der Waals surface area contributed by atoms with E-state index in [1.54, 1.807) is 24.4 Å². The Hall–Kier alpha value is -0.240. The number of hydrogen-bond acceptors (Lipinski definition) is 3. The fourth-order valence-corrected chi connectivity index (χ4v) is 3.27. The fraction of sp³-hybridized carbons (Fsp3) is 0. The number of nitrogens with one attached hydrogen (secondary N) is 1. The monoisotopic (exact) mass is 438 g/mol. The van der Waals surface area contributed by atoms with Crippen molar-refractivity contribution in [3.05, 3.63) is 42.1 Å². The maximum atomic E-state index is 11.9. The van der Waals surface area contributed by atoms with E-state index in [0.717, 1.165) is 12.9 Å². The van der Waals surface area contributed by atoms with Gasteiger partial charge in [-0.25, -0.2) is 4.98 Å². The molecule has 0 fully saturated rings. The number of anilines is 1. The summed E-state index contributed by atoms with van der Waals surface area (Å²) in [6, 6.07) is 5.33. The topological polar surface area (TPSA) is 42.0 Å². The van der Waals surface area contributed by atoms with Crippen LogP contribution in [-0.4, -0.2) is 10.9 Å². The lowest BCUT2D eigenvalue weighted by Crippen LogP contribution is -2.10. The molecule has 0 unspecified atom stereocenters. The highest BCUT2D eigenvalue weighted by Gasteiger charge is 2.12. The summed E-state index contributed by atoms with van der Waals surface area (Å²) in [5, 5.41) is 2.77. The van der Waals surface area contributed by atoms with Crippen molar-refractivity contribution in [1.29, 1.82) is 0 Å². The molecule has 3 nitrogen and oxygen atoms in total. The number of rotatable bonds is 2. The average Bonchev–Trinajstić information content (AvgIpc) is 2.63. The van der Waals surface area contributed by atoms with Crippen LogP contribution in [0, 0.1) is 0 Å². The van der Waals surface area contributed by atoms with Gasteiger partial charge in [0.1, 0.15) is 4.60 Å². The molecule has 2 aromatic heterocycles. The Morgan fingerprint density at radius 1 is 1.29 bits per heavy atom. The Kier molecular flexibility index (Phi) is 4.35. The molecular weight excluding hydrogens is 436 g/mol. The number of aromatic nitrogens is 1. The van der Waals surface area contributed by atoms with Crippen LogP contribution in [0.15, 0.2) is 37.3 Å². The second-order valence-corrected chi connectivity index (χ2v) is 7.09. The van der Waals surface area contributed by atoms with Crippen LogP contribution in [0.4, 0.5) is 5.69 Å². The molecule has 0 aliphatic rings. The maximum absolute atomic E-state index is 11.9. The van der Waals surface area contributed by atoms with Crippen LogP contribution in [0.3, 0.4) is 0 Å². The van der Waals surface area contributed by atoms with E-state index in [1.165, 1.54) is 11.3 Å². The minimum Gasteiger partial charge on any atom is -0.320 e. The highest BCUT2D eigenvalue weighted by Crippen LogP contribution is 2.32. The molecule has 2 aromatic rings. The number of thiophene rings is 1. The first-order valence-corrected chi connectivity index (χ1v) is 7.63. The van der Waals surface area contributed by atoms with Gasteiger partial charge in [0.05, 0.1) is 20.5 Å². The molecule has 1 amide bonds. The molecule has 88 valence electrons. The zero-order chi connectivity index (χ0) is 12.4. The molecule has 0 aromatic carbocycles. The zero-order valence-corrected chi connectivity index (χ0v) is 13.8.